The first-order valence-electron chi connectivity index (χ1n) is 7.05. The first kappa shape index (κ1) is 12.9. The lowest BCUT2D eigenvalue weighted by atomic mass is 9.85. The van der Waals surface area contributed by atoms with Crippen LogP contribution in [0.15, 0.2) is 0 Å². The number of likely N-dealkylation sites (tertiary alicyclic amines) is 1. The lowest BCUT2D eigenvalue weighted by Gasteiger charge is -2.23. The molecule has 0 unspecified atom stereocenters. The Morgan fingerprint density at radius 3 is 2.76 bits per heavy atom. The topological polar surface area (TPSA) is 32.3 Å². The van der Waals surface area contributed by atoms with Gasteiger partial charge in [-0.3, -0.25) is 4.79 Å². The predicted molar refractivity (Wildman–Crippen MR) is 69.8 cm³/mol. The zero-order chi connectivity index (χ0) is 12.3. The van der Waals surface area contributed by atoms with Gasteiger partial charge in [-0.25, -0.2) is 0 Å². The summed E-state index contributed by atoms with van der Waals surface area (Å²) in [6.07, 6.45) is 6.23. The van der Waals surface area contributed by atoms with Crippen molar-refractivity contribution in [2.24, 2.45) is 11.3 Å². The summed E-state index contributed by atoms with van der Waals surface area (Å²) in [4.78, 5) is 14.1. The Balaban J connectivity index is 1.70. The Morgan fingerprint density at radius 2 is 2.06 bits per heavy atom. The molecule has 0 aromatic rings. The average molecular weight is 238 g/mol. The second-order valence-electron chi connectivity index (χ2n) is 6.47. The van der Waals surface area contributed by atoms with E-state index in [0.717, 1.165) is 38.4 Å². The van der Waals surface area contributed by atoms with Gasteiger partial charge in [-0.1, -0.05) is 13.8 Å². The molecule has 1 saturated heterocycles. The van der Waals surface area contributed by atoms with Crippen molar-refractivity contribution in [1.82, 2.24) is 10.2 Å². The van der Waals surface area contributed by atoms with Crippen LogP contribution in [-0.4, -0.2) is 37.0 Å². The Labute approximate surface area is 105 Å². The minimum absolute atomic E-state index is 0.295. The van der Waals surface area contributed by atoms with E-state index in [2.05, 4.69) is 24.1 Å². The minimum Gasteiger partial charge on any atom is -0.342 e. The number of rotatable bonds is 4. The quantitative estimate of drug-likeness (QED) is 0.812. The molecule has 1 N–H and O–H groups in total. The van der Waals surface area contributed by atoms with Gasteiger partial charge in [-0.2, -0.15) is 0 Å². The van der Waals surface area contributed by atoms with E-state index >= 15 is 0 Å². The zero-order valence-corrected chi connectivity index (χ0v) is 11.3. The van der Waals surface area contributed by atoms with Gasteiger partial charge in [0, 0.05) is 13.1 Å². The summed E-state index contributed by atoms with van der Waals surface area (Å²) < 4.78 is 0. The van der Waals surface area contributed by atoms with E-state index in [0.29, 0.717) is 17.9 Å². The second kappa shape index (κ2) is 5.38. The highest BCUT2D eigenvalue weighted by Gasteiger charge is 2.25. The molecular formula is C14H26N2O. The summed E-state index contributed by atoms with van der Waals surface area (Å²) in [5.41, 5.74) is 0.413. The number of carbonyl (C=O) groups is 1. The standard InChI is InChI=1S/C14H26N2O/c1-14(2)6-3-8-16(9-7-14)13(17)11-15-10-12-4-5-12/h12,15H,3-11H2,1-2H3. The number of hydrogen-bond donors (Lipinski definition) is 1. The number of nitrogens with one attached hydrogen (secondary N) is 1. The first-order chi connectivity index (χ1) is 8.07. The van der Waals surface area contributed by atoms with Gasteiger partial charge >= 0.3 is 0 Å². The van der Waals surface area contributed by atoms with E-state index in [1.54, 1.807) is 0 Å². The molecule has 1 aliphatic carbocycles. The van der Waals surface area contributed by atoms with E-state index < -0.39 is 0 Å². The molecule has 2 rings (SSSR count). The van der Waals surface area contributed by atoms with Crippen LogP contribution < -0.4 is 5.32 Å². The average Bonchev–Trinajstić information content (AvgIpc) is 3.06. The molecule has 17 heavy (non-hydrogen) atoms. The molecule has 0 spiro atoms. The van der Waals surface area contributed by atoms with Crippen LogP contribution in [0, 0.1) is 11.3 Å². The minimum atomic E-state index is 0.295. The van der Waals surface area contributed by atoms with Gasteiger partial charge in [0.25, 0.3) is 0 Å². The number of hydrogen-bond acceptors (Lipinski definition) is 2. The summed E-state index contributed by atoms with van der Waals surface area (Å²) in [5.74, 6) is 1.15. The van der Waals surface area contributed by atoms with Crippen molar-refractivity contribution >= 4 is 5.91 Å². The van der Waals surface area contributed by atoms with Crippen molar-refractivity contribution in [3.63, 3.8) is 0 Å². The van der Waals surface area contributed by atoms with Crippen LogP contribution in [0.3, 0.4) is 0 Å². The van der Waals surface area contributed by atoms with Crippen LogP contribution in [0.25, 0.3) is 0 Å². The summed E-state index contributed by atoms with van der Waals surface area (Å²) in [6, 6.07) is 0. The molecule has 1 saturated carbocycles. The van der Waals surface area contributed by atoms with Crippen molar-refractivity contribution in [2.75, 3.05) is 26.2 Å². The number of amides is 1. The van der Waals surface area contributed by atoms with Gasteiger partial charge in [-0.05, 0) is 50.0 Å². The van der Waals surface area contributed by atoms with Gasteiger partial charge in [0.15, 0.2) is 0 Å². The normalized spacial score (nSPS) is 24.5. The lowest BCUT2D eigenvalue weighted by Crippen LogP contribution is -2.39. The van der Waals surface area contributed by atoms with E-state index in [1.165, 1.54) is 19.3 Å². The molecule has 2 fully saturated rings. The largest absolute Gasteiger partial charge is 0.342 e. The van der Waals surface area contributed by atoms with Crippen LogP contribution in [0.1, 0.15) is 46.0 Å². The molecule has 0 atom stereocenters. The smallest absolute Gasteiger partial charge is 0.236 e. The third kappa shape index (κ3) is 4.30. The fourth-order valence-electron chi connectivity index (χ4n) is 2.49. The summed E-state index contributed by atoms with van der Waals surface area (Å²) in [6.45, 7) is 8.09. The van der Waals surface area contributed by atoms with Crippen LogP contribution in [0.4, 0.5) is 0 Å². The number of nitrogens with zero attached hydrogens (tertiary/aromatic N) is 1. The van der Waals surface area contributed by atoms with Gasteiger partial charge in [0.05, 0.1) is 6.54 Å². The Bertz CT molecular complexity index is 271. The third-order valence-corrected chi connectivity index (χ3v) is 4.10. The van der Waals surface area contributed by atoms with Gasteiger partial charge in [0.1, 0.15) is 0 Å². The SMILES string of the molecule is CC1(C)CCCN(C(=O)CNCC2CC2)CC1. The Hall–Kier alpha value is -0.570. The maximum Gasteiger partial charge on any atom is 0.236 e. The fourth-order valence-corrected chi connectivity index (χ4v) is 2.49. The van der Waals surface area contributed by atoms with Crippen LogP contribution >= 0.6 is 0 Å². The Morgan fingerprint density at radius 1 is 1.29 bits per heavy atom. The molecule has 3 heteroatoms. The highest BCUT2D eigenvalue weighted by molar-refractivity contribution is 5.78. The van der Waals surface area contributed by atoms with Crippen molar-refractivity contribution in [3.8, 4) is 0 Å². The molecule has 1 amide bonds. The van der Waals surface area contributed by atoms with Gasteiger partial charge in [-0.15, -0.1) is 0 Å². The molecule has 0 bridgehead atoms. The van der Waals surface area contributed by atoms with Gasteiger partial charge < -0.3 is 10.2 Å². The molecular weight excluding hydrogens is 212 g/mol. The molecule has 2 aliphatic rings. The summed E-state index contributed by atoms with van der Waals surface area (Å²) >= 11 is 0. The second-order valence-corrected chi connectivity index (χ2v) is 6.47. The van der Waals surface area contributed by atoms with E-state index in [4.69, 9.17) is 0 Å². The van der Waals surface area contributed by atoms with Crippen molar-refractivity contribution in [1.29, 1.82) is 0 Å². The molecule has 1 heterocycles. The van der Waals surface area contributed by atoms with Crippen LogP contribution in [-0.2, 0) is 4.79 Å². The van der Waals surface area contributed by atoms with E-state index in [-0.39, 0.29) is 0 Å². The Kier molecular flexibility index (Phi) is 4.08. The number of carbonyl (C=O) groups excluding carboxylic acids is 1. The van der Waals surface area contributed by atoms with E-state index in [1.807, 2.05) is 0 Å². The van der Waals surface area contributed by atoms with Crippen molar-refractivity contribution < 1.29 is 4.79 Å². The van der Waals surface area contributed by atoms with Crippen molar-refractivity contribution in [2.45, 2.75) is 46.0 Å². The summed E-state index contributed by atoms with van der Waals surface area (Å²) in [7, 11) is 0. The highest BCUT2D eigenvalue weighted by atomic mass is 16.2. The highest BCUT2D eigenvalue weighted by Crippen LogP contribution is 2.30. The molecule has 3 nitrogen and oxygen atoms in total. The van der Waals surface area contributed by atoms with Crippen LogP contribution in [0.5, 0.6) is 0 Å². The van der Waals surface area contributed by atoms with Gasteiger partial charge in [0.2, 0.25) is 5.91 Å². The maximum absolute atomic E-state index is 12.0. The lowest BCUT2D eigenvalue weighted by molar-refractivity contribution is -0.130. The monoisotopic (exact) mass is 238 g/mol. The van der Waals surface area contributed by atoms with Crippen LogP contribution in [0.2, 0.25) is 0 Å². The van der Waals surface area contributed by atoms with Crippen molar-refractivity contribution in [3.05, 3.63) is 0 Å². The zero-order valence-electron chi connectivity index (χ0n) is 11.3. The third-order valence-electron chi connectivity index (χ3n) is 4.10. The predicted octanol–water partition coefficient (Wildman–Crippen LogP) is 2.02. The summed E-state index contributed by atoms with van der Waals surface area (Å²) in [5, 5.41) is 3.29. The fraction of sp³-hybridized carbons (Fsp3) is 0.929. The molecule has 1 aliphatic heterocycles. The maximum atomic E-state index is 12.0. The molecule has 98 valence electrons. The van der Waals surface area contributed by atoms with E-state index in [9.17, 15) is 4.79 Å². The molecule has 0 aromatic heterocycles. The molecule has 0 aromatic carbocycles. The first-order valence-corrected chi connectivity index (χ1v) is 7.05. The molecule has 0 radical (unpaired) electrons.